The molecule has 0 amide bonds. The average Bonchev–Trinajstić information content (AvgIpc) is 2.92. The smallest absolute Gasteiger partial charge is 0.163 e. The number of para-hydroxylation sites is 2. The van der Waals surface area contributed by atoms with Crippen LogP contribution < -0.4 is 10.6 Å². The van der Waals surface area contributed by atoms with Crippen molar-refractivity contribution in [3.05, 3.63) is 107 Å². The van der Waals surface area contributed by atoms with Gasteiger partial charge < -0.3 is 10.6 Å². The van der Waals surface area contributed by atoms with Crippen molar-refractivity contribution in [2.24, 2.45) is 0 Å². The number of anilines is 2. The van der Waals surface area contributed by atoms with Crippen LogP contribution in [0.25, 0.3) is 0 Å². The Kier molecular flexibility index (Phi) is 4.21. The number of carbonyl (C=O) groups is 1. The molecule has 3 nitrogen and oxygen atoms in total. The minimum Gasteiger partial charge on any atom is -0.372 e. The topological polar surface area (TPSA) is 41.1 Å². The first-order valence-corrected chi connectivity index (χ1v) is 9.78. The highest BCUT2D eigenvalue weighted by Crippen LogP contribution is 2.44. The Balaban J connectivity index is 1.62. The maximum Gasteiger partial charge on any atom is 0.163 e. The van der Waals surface area contributed by atoms with E-state index in [1.54, 1.807) is 0 Å². The number of ketones is 1. The summed E-state index contributed by atoms with van der Waals surface area (Å²) >= 11 is 0. The Bertz CT molecular complexity index is 1040. The van der Waals surface area contributed by atoms with Gasteiger partial charge in [0, 0.05) is 17.7 Å². The molecule has 0 radical (unpaired) electrons. The Labute approximate surface area is 165 Å². The molecule has 0 fully saturated rings. The van der Waals surface area contributed by atoms with Gasteiger partial charge in [0.15, 0.2) is 5.78 Å². The molecule has 0 spiro atoms. The molecular formula is C25H22N2O. The number of hydrogen-bond donors (Lipinski definition) is 2. The summed E-state index contributed by atoms with van der Waals surface area (Å²) in [5.41, 5.74) is 6.29. The third-order valence-corrected chi connectivity index (χ3v) is 5.71. The summed E-state index contributed by atoms with van der Waals surface area (Å²) < 4.78 is 0. The lowest BCUT2D eigenvalue weighted by molar-refractivity contribution is -0.116. The number of hydrogen-bond acceptors (Lipinski definition) is 3. The number of benzene rings is 3. The van der Waals surface area contributed by atoms with E-state index in [-0.39, 0.29) is 17.7 Å². The number of Topliss-reactive ketones (excluding diaryl/α,β-unsaturated/α-hetero) is 1. The zero-order chi connectivity index (χ0) is 18.9. The zero-order valence-electron chi connectivity index (χ0n) is 15.6. The van der Waals surface area contributed by atoms with Gasteiger partial charge in [0.1, 0.15) is 0 Å². The summed E-state index contributed by atoms with van der Waals surface area (Å²) in [5.74, 6) is 0.429. The molecule has 1 heterocycles. The standard InChI is InChI=1S/C25H22N2O/c28-23-16-19(17-9-3-1-4-10-17)15-22-24(23)25(18-11-5-2-6-12-18)27-21-14-8-7-13-20(21)26-22/h1-14,19,25-27H,15-16H2/t19-,25-/m0/s1. The molecule has 0 unspecified atom stereocenters. The molecule has 0 aromatic heterocycles. The van der Waals surface area contributed by atoms with Crippen LogP contribution in [0.3, 0.4) is 0 Å². The van der Waals surface area contributed by atoms with Crippen LogP contribution in [-0.2, 0) is 4.79 Å². The first-order valence-electron chi connectivity index (χ1n) is 9.78. The Hall–Kier alpha value is -3.33. The number of carbonyl (C=O) groups excluding carboxylic acids is 1. The maximum absolute atomic E-state index is 13.4. The van der Waals surface area contributed by atoms with Crippen LogP contribution in [0.1, 0.15) is 35.9 Å². The van der Waals surface area contributed by atoms with E-state index in [9.17, 15) is 4.79 Å². The van der Waals surface area contributed by atoms with Crippen molar-refractivity contribution in [1.29, 1.82) is 0 Å². The predicted octanol–water partition coefficient (Wildman–Crippen LogP) is 5.67. The number of allylic oxidation sites excluding steroid dienone is 1. The molecular weight excluding hydrogens is 344 g/mol. The minimum absolute atomic E-state index is 0.142. The van der Waals surface area contributed by atoms with Gasteiger partial charge >= 0.3 is 0 Å². The van der Waals surface area contributed by atoms with E-state index < -0.39 is 0 Å². The van der Waals surface area contributed by atoms with Crippen molar-refractivity contribution in [1.82, 2.24) is 0 Å². The molecule has 3 aromatic rings. The van der Waals surface area contributed by atoms with Gasteiger partial charge in [-0.1, -0.05) is 72.8 Å². The molecule has 2 aliphatic rings. The molecule has 0 saturated carbocycles. The number of nitrogens with one attached hydrogen (secondary N) is 2. The lowest BCUT2D eigenvalue weighted by Gasteiger charge is -2.30. The third kappa shape index (κ3) is 2.99. The van der Waals surface area contributed by atoms with E-state index in [2.05, 4.69) is 47.0 Å². The Morgan fingerprint density at radius 1 is 0.679 bits per heavy atom. The van der Waals surface area contributed by atoms with Gasteiger partial charge in [-0.15, -0.1) is 0 Å². The first kappa shape index (κ1) is 16.8. The van der Waals surface area contributed by atoms with Gasteiger partial charge in [-0.3, -0.25) is 4.79 Å². The van der Waals surface area contributed by atoms with E-state index >= 15 is 0 Å². The monoisotopic (exact) mass is 366 g/mol. The molecule has 28 heavy (non-hydrogen) atoms. The Morgan fingerprint density at radius 3 is 2.00 bits per heavy atom. The summed E-state index contributed by atoms with van der Waals surface area (Å²) in [6.07, 6.45) is 1.39. The SMILES string of the molecule is O=C1C[C@@H](c2ccccc2)CC2=C1[C@H](c1ccccc1)Nc1ccccc1N2. The normalized spacial score (nSPS) is 21.1. The van der Waals surface area contributed by atoms with Crippen LogP contribution in [0, 0.1) is 0 Å². The van der Waals surface area contributed by atoms with Crippen LogP contribution in [0.2, 0.25) is 0 Å². The highest BCUT2D eigenvalue weighted by Gasteiger charge is 2.35. The van der Waals surface area contributed by atoms with Gasteiger partial charge in [0.2, 0.25) is 0 Å². The van der Waals surface area contributed by atoms with E-state index in [1.807, 2.05) is 48.5 Å². The summed E-state index contributed by atoms with van der Waals surface area (Å²) in [4.78, 5) is 13.4. The predicted molar refractivity (Wildman–Crippen MR) is 113 cm³/mol. The van der Waals surface area contributed by atoms with Crippen molar-refractivity contribution in [2.45, 2.75) is 24.8 Å². The first-order chi connectivity index (χ1) is 13.8. The molecule has 1 aliphatic heterocycles. The minimum atomic E-state index is -0.142. The second-order valence-electron chi connectivity index (χ2n) is 7.49. The van der Waals surface area contributed by atoms with Gasteiger partial charge in [-0.2, -0.15) is 0 Å². The zero-order valence-corrected chi connectivity index (χ0v) is 15.6. The summed E-state index contributed by atoms with van der Waals surface area (Å²) in [7, 11) is 0. The van der Waals surface area contributed by atoms with Gasteiger partial charge in [0.05, 0.1) is 17.4 Å². The highest BCUT2D eigenvalue weighted by molar-refractivity contribution is 6.01. The fourth-order valence-corrected chi connectivity index (χ4v) is 4.35. The van der Waals surface area contributed by atoms with E-state index in [0.29, 0.717) is 6.42 Å². The second kappa shape index (κ2) is 7.01. The molecule has 2 N–H and O–H groups in total. The van der Waals surface area contributed by atoms with Gasteiger partial charge in [-0.05, 0) is 35.6 Å². The van der Waals surface area contributed by atoms with E-state index in [1.165, 1.54) is 5.56 Å². The fourth-order valence-electron chi connectivity index (χ4n) is 4.35. The summed E-state index contributed by atoms with van der Waals surface area (Å²) in [6.45, 7) is 0. The molecule has 138 valence electrons. The number of fused-ring (bicyclic) bond motifs is 1. The molecule has 0 bridgehead atoms. The average molecular weight is 366 g/mol. The lowest BCUT2D eigenvalue weighted by atomic mass is 9.78. The number of rotatable bonds is 2. The quantitative estimate of drug-likeness (QED) is 0.614. The molecule has 0 saturated heterocycles. The molecule has 2 atom stereocenters. The van der Waals surface area contributed by atoms with Crippen LogP contribution in [0.15, 0.2) is 96.2 Å². The molecule has 3 heteroatoms. The largest absolute Gasteiger partial charge is 0.372 e. The van der Waals surface area contributed by atoms with E-state index in [4.69, 9.17) is 0 Å². The summed E-state index contributed by atoms with van der Waals surface area (Å²) in [6, 6.07) is 28.7. The van der Waals surface area contributed by atoms with Crippen molar-refractivity contribution < 1.29 is 4.79 Å². The van der Waals surface area contributed by atoms with Crippen LogP contribution in [0.4, 0.5) is 11.4 Å². The summed E-state index contributed by atoms with van der Waals surface area (Å²) in [5, 5.41) is 7.21. The molecule has 3 aromatic carbocycles. The van der Waals surface area contributed by atoms with Crippen molar-refractivity contribution >= 4 is 17.2 Å². The van der Waals surface area contributed by atoms with Crippen molar-refractivity contribution in [3.8, 4) is 0 Å². The van der Waals surface area contributed by atoms with E-state index in [0.717, 1.165) is 34.6 Å². The van der Waals surface area contributed by atoms with Crippen LogP contribution >= 0.6 is 0 Å². The lowest BCUT2D eigenvalue weighted by Crippen LogP contribution is -2.26. The molecule has 5 rings (SSSR count). The second-order valence-corrected chi connectivity index (χ2v) is 7.49. The highest BCUT2D eigenvalue weighted by atomic mass is 16.1. The Morgan fingerprint density at radius 2 is 1.29 bits per heavy atom. The van der Waals surface area contributed by atoms with Gasteiger partial charge in [-0.25, -0.2) is 0 Å². The third-order valence-electron chi connectivity index (χ3n) is 5.71. The van der Waals surface area contributed by atoms with Crippen molar-refractivity contribution in [3.63, 3.8) is 0 Å². The maximum atomic E-state index is 13.4. The van der Waals surface area contributed by atoms with Gasteiger partial charge in [0.25, 0.3) is 0 Å². The van der Waals surface area contributed by atoms with Crippen LogP contribution in [-0.4, -0.2) is 5.78 Å². The van der Waals surface area contributed by atoms with Crippen LogP contribution in [0.5, 0.6) is 0 Å². The molecule has 1 aliphatic carbocycles. The fraction of sp³-hybridized carbons (Fsp3) is 0.160. The van der Waals surface area contributed by atoms with Crippen molar-refractivity contribution in [2.75, 3.05) is 10.6 Å².